The van der Waals surface area contributed by atoms with Gasteiger partial charge in [-0.05, 0) is 30.2 Å². The fourth-order valence-corrected chi connectivity index (χ4v) is 2.33. The predicted octanol–water partition coefficient (Wildman–Crippen LogP) is 3.72. The van der Waals surface area contributed by atoms with Crippen LogP contribution in [-0.4, -0.2) is 14.9 Å². The molecule has 0 aliphatic carbocycles. The quantitative estimate of drug-likeness (QED) is 0.512. The second-order valence-corrected chi connectivity index (χ2v) is 5.17. The maximum atomic E-state index is 11.1. The van der Waals surface area contributed by atoms with Crippen LogP contribution in [0, 0.1) is 17.0 Å². The maximum absolute atomic E-state index is 11.1. The number of rotatable bonds is 4. The lowest BCUT2D eigenvalue weighted by Crippen LogP contribution is -2.08. The van der Waals surface area contributed by atoms with Crippen LogP contribution in [-0.2, 0) is 6.54 Å². The fraction of sp³-hybridized carbons (Fsp3) is 0.167. The summed E-state index contributed by atoms with van der Waals surface area (Å²) in [5.41, 5.74) is 1.01. The molecule has 104 valence electrons. The Bertz CT molecular complexity index is 666. The van der Waals surface area contributed by atoms with Crippen molar-refractivity contribution in [3.8, 4) is 0 Å². The zero-order chi connectivity index (χ0) is 14.7. The van der Waals surface area contributed by atoms with Crippen LogP contribution in [0.5, 0.6) is 0 Å². The van der Waals surface area contributed by atoms with E-state index in [1.165, 1.54) is 6.92 Å². The molecule has 1 aromatic carbocycles. The van der Waals surface area contributed by atoms with E-state index in [-0.39, 0.29) is 22.5 Å². The smallest absolute Gasteiger partial charge is 0.332 e. The molecule has 1 aromatic heterocycles. The number of nitrogens with zero attached hydrogens (tertiary/aromatic N) is 3. The number of nitro groups is 1. The summed E-state index contributed by atoms with van der Waals surface area (Å²) in [6.45, 7) is 1.91. The average molecular weight is 358 g/mol. The Kier molecular flexibility index (Phi) is 4.51. The standard InChI is InChI=1S/C12H10BrClN4O2/c1-7-10(18(19)20)11(17-12(14)16-7)15-6-8-4-2-3-5-9(8)13/h2-5H,6H2,1H3,(H,15,16,17). The Balaban J connectivity index is 2.30. The zero-order valence-corrected chi connectivity index (χ0v) is 12.8. The van der Waals surface area contributed by atoms with Gasteiger partial charge in [0, 0.05) is 11.0 Å². The number of halogens is 2. The lowest BCUT2D eigenvalue weighted by molar-refractivity contribution is -0.385. The summed E-state index contributed by atoms with van der Waals surface area (Å²) in [6.07, 6.45) is 0. The van der Waals surface area contributed by atoms with E-state index in [4.69, 9.17) is 11.6 Å². The highest BCUT2D eigenvalue weighted by molar-refractivity contribution is 9.10. The van der Waals surface area contributed by atoms with Gasteiger partial charge in [-0.1, -0.05) is 34.1 Å². The molecule has 0 atom stereocenters. The summed E-state index contributed by atoms with van der Waals surface area (Å²) in [5.74, 6) is 0.114. The molecule has 8 heteroatoms. The third-order valence-electron chi connectivity index (χ3n) is 2.62. The van der Waals surface area contributed by atoms with Crippen LogP contribution in [0.25, 0.3) is 0 Å². The molecule has 0 saturated carbocycles. The molecule has 0 fully saturated rings. The van der Waals surface area contributed by atoms with Crippen molar-refractivity contribution in [3.63, 3.8) is 0 Å². The molecule has 0 aliphatic heterocycles. The molecule has 20 heavy (non-hydrogen) atoms. The molecule has 2 aromatic rings. The van der Waals surface area contributed by atoms with Crippen LogP contribution < -0.4 is 5.32 Å². The van der Waals surface area contributed by atoms with Crippen molar-refractivity contribution in [3.05, 3.63) is 55.4 Å². The third-order valence-corrected chi connectivity index (χ3v) is 3.56. The van der Waals surface area contributed by atoms with E-state index in [0.717, 1.165) is 10.0 Å². The van der Waals surface area contributed by atoms with Crippen molar-refractivity contribution in [1.29, 1.82) is 0 Å². The first-order valence-corrected chi connectivity index (χ1v) is 6.82. The highest BCUT2D eigenvalue weighted by Crippen LogP contribution is 2.27. The van der Waals surface area contributed by atoms with Gasteiger partial charge < -0.3 is 5.32 Å². The van der Waals surface area contributed by atoms with Gasteiger partial charge in [0.1, 0.15) is 5.69 Å². The fourth-order valence-electron chi connectivity index (χ4n) is 1.70. The van der Waals surface area contributed by atoms with Crippen LogP contribution in [0.2, 0.25) is 5.28 Å². The van der Waals surface area contributed by atoms with Crippen LogP contribution in [0.1, 0.15) is 11.3 Å². The summed E-state index contributed by atoms with van der Waals surface area (Å²) in [4.78, 5) is 18.2. The first-order valence-electron chi connectivity index (χ1n) is 5.65. The van der Waals surface area contributed by atoms with Gasteiger partial charge in [-0.2, -0.15) is 4.98 Å². The summed E-state index contributed by atoms with van der Waals surface area (Å²) < 4.78 is 0.909. The molecule has 0 spiro atoms. The molecule has 0 radical (unpaired) electrons. The van der Waals surface area contributed by atoms with Gasteiger partial charge >= 0.3 is 5.69 Å². The van der Waals surface area contributed by atoms with E-state index < -0.39 is 4.92 Å². The summed E-state index contributed by atoms with van der Waals surface area (Å²) >= 11 is 9.16. The highest BCUT2D eigenvalue weighted by atomic mass is 79.9. The minimum atomic E-state index is -0.520. The number of aromatic nitrogens is 2. The van der Waals surface area contributed by atoms with E-state index in [2.05, 4.69) is 31.2 Å². The number of anilines is 1. The normalized spacial score (nSPS) is 10.3. The molecular formula is C12H10BrClN4O2. The van der Waals surface area contributed by atoms with Crippen molar-refractivity contribution >= 4 is 39.0 Å². The lowest BCUT2D eigenvalue weighted by Gasteiger charge is -2.09. The van der Waals surface area contributed by atoms with E-state index in [0.29, 0.717) is 6.54 Å². The Morgan fingerprint density at radius 1 is 1.40 bits per heavy atom. The first-order chi connectivity index (χ1) is 9.49. The average Bonchev–Trinajstić information content (AvgIpc) is 2.36. The topological polar surface area (TPSA) is 81.0 Å². The van der Waals surface area contributed by atoms with Gasteiger partial charge in [0.25, 0.3) is 0 Å². The SMILES string of the molecule is Cc1nc(Cl)nc(NCc2ccccc2Br)c1[N+](=O)[O-]. The van der Waals surface area contributed by atoms with Gasteiger partial charge in [0.05, 0.1) is 4.92 Å². The van der Waals surface area contributed by atoms with E-state index in [1.807, 2.05) is 24.3 Å². The Labute approximate surface area is 128 Å². The van der Waals surface area contributed by atoms with Gasteiger partial charge in [-0.3, -0.25) is 10.1 Å². The minimum Gasteiger partial charge on any atom is -0.360 e. The van der Waals surface area contributed by atoms with Crippen LogP contribution in [0.4, 0.5) is 11.5 Å². The van der Waals surface area contributed by atoms with Crippen LogP contribution >= 0.6 is 27.5 Å². The van der Waals surface area contributed by atoms with Crippen molar-refractivity contribution in [2.24, 2.45) is 0 Å². The predicted molar refractivity (Wildman–Crippen MR) is 79.9 cm³/mol. The minimum absolute atomic E-state index is 0.0253. The van der Waals surface area contributed by atoms with E-state index >= 15 is 0 Å². The van der Waals surface area contributed by atoms with Crippen LogP contribution in [0.3, 0.4) is 0 Å². The molecule has 0 unspecified atom stereocenters. The third kappa shape index (κ3) is 3.23. The number of benzene rings is 1. The summed E-state index contributed by atoms with van der Waals surface area (Å²) in [7, 11) is 0. The van der Waals surface area contributed by atoms with Crippen molar-refractivity contribution < 1.29 is 4.92 Å². The van der Waals surface area contributed by atoms with Crippen molar-refractivity contribution in [2.45, 2.75) is 13.5 Å². The van der Waals surface area contributed by atoms with E-state index in [1.54, 1.807) is 0 Å². The molecule has 0 aliphatic rings. The monoisotopic (exact) mass is 356 g/mol. The largest absolute Gasteiger partial charge is 0.360 e. The lowest BCUT2D eigenvalue weighted by atomic mass is 10.2. The molecule has 0 amide bonds. The Morgan fingerprint density at radius 3 is 2.75 bits per heavy atom. The maximum Gasteiger partial charge on any atom is 0.332 e. The number of hydrogen-bond donors (Lipinski definition) is 1. The highest BCUT2D eigenvalue weighted by Gasteiger charge is 2.21. The van der Waals surface area contributed by atoms with Gasteiger partial charge in [0.15, 0.2) is 0 Å². The first kappa shape index (κ1) is 14.7. The summed E-state index contributed by atoms with van der Waals surface area (Å²) in [5, 5.41) is 14.0. The van der Waals surface area contributed by atoms with Gasteiger partial charge in [-0.25, -0.2) is 4.98 Å². The second kappa shape index (κ2) is 6.15. The number of hydrogen-bond acceptors (Lipinski definition) is 5. The number of aryl methyl sites for hydroxylation is 1. The molecule has 0 bridgehead atoms. The van der Waals surface area contributed by atoms with Crippen molar-refractivity contribution in [1.82, 2.24) is 9.97 Å². The zero-order valence-electron chi connectivity index (χ0n) is 10.4. The number of nitrogens with one attached hydrogen (secondary N) is 1. The van der Waals surface area contributed by atoms with Crippen LogP contribution in [0.15, 0.2) is 28.7 Å². The van der Waals surface area contributed by atoms with E-state index in [9.17, 15) is 10.1 Å². The Morgan fingerprint density at radius 2 is 2.10 bits per heavy atom. The molecule has 2 rings (SSSR count). The molecule has 0 saturated heterocycles. The summed E-state index contributed by atoms with van der Waals surface area (Å²) in [6, 6.07) is 7.57. The molecule has 1 N–H and O–H groups in total. The van der Waals surface area contributed by atoms with Gasteiger partial charge in [0.2, 0.25) is 11.1 Å². The Hall–Kier alpha value is -1.73. The van der Waals surface area contributed by atoms with Crippen molar-refractivity contribution in [2.75, 3.05) is 5.32 Å². The van der Waals surface area contributed by atoms with Gasteiger partial charge in [-0.15, -0.1) is 0 Å². The molecule has 1 heterocycles. The molecule has 6 nitrogen and oxygen atoms in total. The molecular weight excluding hydrogens is 348 g/mol. The second-order valence-electron chi connectivity index (χ2n) is 3.98.